The summed E-state index contributed by atoms with van der Waals surface area (Å²) in [4.78, 5) is 34.8. The number of anilines is 1. The average molecular weight is 519 g/mol. The van der Waals surface area contributed by atoms with Gasteiger partial charge in [0.2, 0.25) is 5.91 Å². The Morgan fingerprint density at radius 1 is 1.31 bits per heavy atom. The van der Waals surface area contributed by atoms with Crippen LogP contribution in [0.15, 0.2) is 57.1 Å². The standard InChI is InChI=1S/C21H19BrN4O5S/c1-12-4-2-3-5-15(12)24-18(27)11-31-16-7-6-14(22)8-13(16)10-23-26-21-25-20(30)17(32-21)9-19(28)29/h2-8,10,17H,9,11H2,1H3,(H,24,27)(H,28,29)(H,25,26,30). The molecule has 3 rings (SSSR count). The van der Waals surface area contributed by atoms with Gasteiger partial charge in [-0.25, -0.2) is 0 Å². The molecule has 2 aromatic carbocycles. The van der Waals surface area contributed by atoms with E-state index < -0.39 is 17.1 Å². The average Bonchev–Trinajstić information content (AvgIpc) is 3.07. The number of carbonyl (C=O) groups is 3. The van der Waals surface area contributed by atoms with E-state index in [2.05, 4.69) is 36.8 Å². The van der Waals surface area contributed by atoms with Crippen molar-refractivity contribution in [3.05, 3.63) is 58.1 Å². The lowest BCUT2D eigenvalue weighted by Gasteiger charge is -2.11. The van der Waals surface area contributed by atoms with Crippen LogP contribution >= 0.6 is 27.7 Å². The van der Waals surface area contributed by atoms with E-state index in [1.54, 1.807) is 18.2 Å². The van der Waals surface area contributed by atoms with Crippen LogP contribution in [-0.4, -0.2) is 46.1 Å². The molecule has 32 heavy (non-hydrogen) atoms. The number of amidine groups is 1. The van der Waals surface area contributed by atoms with E-state index >= 15 is 0 Å². The van der Waals surface area contributed by atoms with E-state index in [4.69, 9.17) is 9.84 Å². The number of carboxylic acid groups (broad SMARTS) is 1. The van der Waals surface area contributed by atoms with Crippen molar-refractivity contribution in [1.29, 1.82) is 0 Å². The largest absolute Gasteiger partial charge is 0.483 e. The van der Waals surface area contributed by atoms with Crippen molar-refractivity contribution in [3.63, 3.8) is 0 Å². The molecular formula is C21H19BrN4O5S. The first-order valence-corrected chi connectivity index (χ1v) is 11.1. The molecule has 0 spiro atoms. The minimum absolute atomic E-state index is 0.200. The predicted molar refractivity (Wildman–Crippen MR) is 126 cm³/mol. The number of aryl methyl sites for hydroxylation is 1. The van der Waals surface area contributed by atoms with Gasteiger partial charge in [0.1, 0.15) is 11.0 Å². The van der Waals surface area contributed by atoms with Gasteiger partial charge in [-0.2, -0.15) is 5.10 Å². The third kappa shape index (κ3) is 6.66. The highest BCUT2D eigenvalue weighted by Gasteiger charge is 2.32. The Kier molecular flexibility index (Phi) is 8.01. The van der Waals surface area contributed by atoms with Crippen LogP contribution in [0.3, 0.4) is 0 Å². The maximum atomic E-state index is 12.3. The number of nitrogens with zero attached hydrogens (tertiary/aromatic N) is 2. The Bertz CT molecular complexity index is 1110. The number of hydrogen-bond donors (Lipinski definition) is 3. The SMILES string of the molecule is Cc1ccccc1NC(=O)COc1ccc(Br)cc1C=NN=C1NC(=O)C(CC(=O)O)S1. The van der Waals surface area contributed by atoms with Crippen LogP contribution in [-0.2, 0) is 14.4 Å². The maximum absolute atomic E-state index is 12.3. The highest BCUT2D eigenvalue weighted by Crippen LogP contribution is 2.24. The van der Waals surface area contributed by atoms with Gasteiger partial charge >= 0.3 is 5.97 Å². The zero-order valence-electron chi connectivity index (χ0n) is 16.9. The molecule has 1 fully saturated rings. The third-order valence-corrected chi connectivity index (χ3v) is 5.80. The van der Waals surface area contributed by atoms with Gasteiger partial charge in [0.05, 0.1) is 12.6 Å². The van der Waals surface area contributed by atoms with E-state index in [1.807, 2.05) is 31.2 Å². The van der Waals surface area contributed by atoms with Gasteiger partial charge in [0.15, 0.2) is 11.8 Å². The maximum Gasteiger partial charge on any atom is 0.305 e. The molecule has 1 saturated heterocycles. The lowest BCUT2D eigenvalue weighted by molar-refractivity contribution is -0.138. The number of thioether (sulfide) groups is 1. The number of nitrogens with one attached hydrogen (secondary N) is 2. The number of carbonyl (C=O) groups excluding carboxylic acids is 2. The lowest BCUT2D eigenvalue weighted by Crippen LogP contribution is -2.26. The number of rotatable bonds is 8. The number of amides is 2. The first-order chi connectivity index (χ1) is 15.3. The molecule has 1 aliphatic heterocycles. The van der Waals surface area contributed by atoms with Gasteiger partial charge in [-0.1, -0.05) is 45.9 Å². The summed E-state index contributed by atoms with van der Waals surface area (Å²) in [5, 5.41) is 21.5. The van der Waals surface area contributed by atoms with Crippen LogP contribution in [0.1, 0.15) is 17.5 Å². The van der Waals surface area contributed by atoms with Crippen LogP contribution in [0.5, 0.6) is 5.75 Å². The van der Waals surface area contributed by atoms with Crippen molar-refractivity contribution >= 4 is 62.5 Å². The van der Waals surface area contributed by atoms with Crippen molar-refractivity contribution in [1.82, 2.24) is 5.32 Å². The normalized spacial score (nSPS) is 16.9. The Balaban J connectivity index is 1.63. The molecular weight excluding hydrogens is 500 g/mol. The van der Waals surface area contributed by atoms with Crippen molar-refractivity contribution in [2.75, 3.05) is 11.9 Å². The van der Waals surface area contributed by atoms with Crippen LogP contribution in [0.4, 0.5) is 5.69 Å². The minimum Gasteiger partial charge on any atom is -0.483 e. The molecule has 1 heterocycles. The van der Waals surface area contributed by atoms with Crippen LogP contribution in [0.25, 0.3) is 0 Å². The molecule has 0 radical (unpaired) electrons. The Hall–Kier alpha value is -3.18. The fourth-order valence-electron chi connectivity index (χ4n) is 2.68. The zero-order chi connectivity index (χ0) is 23.1. The second kappa shape index (κ2) is 10.9. The van der Waals surface area contributed by atoms with Gasteiger partial charge in [-0.05, 0) is 36.8 Å². The number of halogens is 1. The van der Waals surface area contributed by atoms with Crippen LogP contribution in [0, 0.1) is 6.92 Å². The molecule has 1 unspecified atom stereocenters. The van der Waals surface area contributed by atoms with Gasteiger partial charge in [0.25, 0.3) is 5.91 Å². The molecule has 166 valence electrons. The molecule has 0 bridgehead atoms. The van der Waals surface area contributed by atoms with Gasteiger partial charge in [0, 0.05) is 15.7 Å². The van der Waals surface area contributed by atoms with Gasteiger partial charge < -0.3 is 20.5 Å². The lowest BCUT2D eigenvalue weighted by atomic mass is 10.2. The second-order valence-corrected chi connectivity index (χ2v) is 8.78. The molecule has 1 atom stereocenters. The van der Waals surface area contributed by atoms with E-state index in [-0.39, 0.29) is 24.1 Å². The topological polar surface area (TPSA) is 129 Å². The summed E-state index contributed by atoms with van der Waals surface area (Å²) in [5.74, 6) is -1.37. The van der Waals surface area contributed by atoms with Gasteiger partial charge in [-0.3, -0.25) is 14.4 Å². The van der Waals surface area contributed by atoms with Crippen molar-refractivity contribution in [2.45, 2.75) is 18.6 Å². The number of carboxylic acids is 1. The molecule has 2 amide bonds. The van der Waals surface area contributed by atoms with Crippen molar-refractivity contribution < 1.29 is 24.2 Å². The number of ether oxygens (including phenoxy) is 1. The highest BCUT2D eigenvalue weighted by molar-refractivity contribution is 9.10. The molecule has 9 nitrogen and oxygen atoms in total. The van der Waals surface area contributed by atoms with Gasteiger partial charge in [-0.15, -0.1) is 5.10 Å². The first-order valence-electron chi connectivity index (χ1n) is 9.40. The third-order valence-electron chi connectivity index (χ3n) is 4.23. The number of benzene rings is 2. The Labute approximate surface area is 196 Å². The summed E-state index contributed by atoms with van der Waals surface area (Å²) in [7, 11) is 0. The van der Waals surface area contributed by atoms with Crippen molar-refractivity contribution in [2.24, 2.45) is 10.2 Å². The highest BCUT2D eigenvalue weighted by atomic mass is 79.9. The summed E-state index contributed by atoms with van der Waals surface area (Å²) in [6, 6.07) is 12.6. The zero-order valence-corrected chi connectivity index (χ0v) is 19.3. The fraction of sp³-hybridized carbons (Fsp3) is 0.190. The summed E-state index contributed by atoms with van der Waals surface area (Å²) in [5.41, 5.74) is 2.22. The van der Waals surface area contributed by atoms with E-state index in [1.165, 1.54) is 6.21 Å². The molecule has 1 aliphatic rings. The number of hydrogen-bond acceptors (Lipinski definition) is 7. The van der Waals surface area contributed by atoms with Crippen LogP contribution < -0.4 is 15.4 Å². The molecule has 0 aromatic heterocycles. The van der Waals surface area contributed by atoms with E-state index in [0.717, 1.165) is 21.8 Å². The van der Waals surface area contributed by atoms with E-state index in [9.17, 15) is 14.4 Å². The number of para-hydroxylation sites is 1. The minimum atomic E-state index is -1.07. The molecule has 2 aromatic rings. The monoisotopic (exact) mass is 518 g/mol. The summed E-state index contributed by atoms with van der Waals surface area (Å²) >= 11 is 4.38. The van der Waals surface area contributed by atoms with E-state index in [0.29, 0.717) is 17.0 Å². The first kappa shape index (κ1) is 23.5. The Morgan fingerprint density at radius 2 is 2.09 bits per heavy atom. The predicted octanol–water partition coefficient (Wildman–Crippen LogP) is 3.17. The molecule has 3 N–H and O–H groups in total. The molecule has 0 aliphatic carbocycles. The quantitative estimate of drug-likeness (QED) is 0.363. The van der Waals surface area contributed by atoms with Crippen LogP contribution in [0.2, 0.25) is 0 Å². The summed E-state index contributed by atoms with van der Waals surface area (Å²) < 4.78 is 6.43. The second-order valence-electron chi connectivity index (χ2n) is 6.68. The molecule has 11 heteroatoms. The molecule has 0 saturated carbocycles. The Morgan fingerprint density at radius 3 is 2.84 bits per heavy atom. The fourth-order valence-corrected chi connectivity index (χ4v) is 3.98. The number of aliphatic carboxylic acids is 1. The smallest absolute Gasteiger partial charge is 0.305 e. The van der Waals surface area contributed by atoms with Crippen molar-refractivity contribution in [3.8, 4) is 5.75 Å². The summed E-state index contributed by atoms with van der Waals surface area (Å²) in [6.45, 7) is 1.70. The summed E-state index contributed by atoms with van der Waals surface area (Å²) in [6.07, 6.45) is 1.12.